The molecule has 2 rings (SSSR count). The SMILES string of the molecule is CN(CC1CCOCC1)C(=O)c1c(F)cccc1Cl. The van der Waals surface area contributed by atoms with Crippen LogP contribution in [0.3, 0.4) is 0 Å². The molecule has 0 bridgehead atoms. The smallest absolute Gasteiger partial charge is 0.258 e. The molecule has 0 radical (unpaired) electrons. The predicted octanol–water partition coefficient (Wildman–Crippen LogP) is 2.98. The number of nitrogens with zero attached hydrogens (tertiary/aromatic N) is 1. The quantitative estimate of drug-likeness (QED) is 0.854. The Balaban J connectivity index is 2.06. The summed E-state index contributed by atoms with van der Waals surface area (Å²) >= 11 is 5.90. The minimum Gasteiger partial charge on any atom is -0.381 e. The maximum absolute atomic E-state index is 13.7. The van der Waals surface area contributed by atoms with Crippen molar-refractivity contribution in [2.45, 2.75) is 12.8 Å². The number of amides is 1. The van der Waals surface area contributed by atoms with Gasteiger partial charge >= 0.3 is 0 Å². The molecule has 0 N–H and O–H groups in total. The topological polar surface area (TPSA) is 29.5 Å². The molecule has 1 aromatic carbocycles. The molecular formula is C14H17ClFNO2. The third-order valence-electron chi connectivity index (χ3n) is 3.40. The Morgan fingerprint density at radius 3 is 2.79 bits per heavy atom. The summed E-state index contributed by atoms with van der Waals surface area (Å²) in [6.07, 6.45) is 1.87. The summed E-state index contributed by atoms with van der Waals surface area (Å²) in [7, 11) is 1.68. The van der Waals surface area contributed by atoms with Crippen LogP contribution in [0.15, 0.2) is 18.2 Å². The Bertz CT molecular complexity index is 441. The van der Waals surface area contributed by atoms with Gasteiger partial charge in [0, 0.05) is 26.8 Å². The van der Waals surface area contributed by atoms with Gasteiger partial charge in [0.25, 0.3) is 5.91 Å². The van der Waals surface area contributed by atoms with Gasteiger partial charge < -0.3 is 9.64 Å². The van der Waals surface area contributed by atoms with Gasteiger partial charge in [0.05, 0.1) is 10.6 Å². The van der Waals surface area contributed by atoms with Crippen LogP contribution in [0.1, 0.15) is 23.2 Å². The number of halogens is 2. The van der Waals surface area contributed by atoms with Crippen molar-refractivity contribution in [3.05, 3.63) is 34.6 Å². The van der Waals surface area contributed by atoms with E-state index in [1.54, 1.807) is 11.9 Å². The lowest BCUT2D eigenvalue weighted by molar-refractivity contribution is 0.0495. The molecule has 1 fully saturated rings. The zero-order valence-corrected chi connectivity index (χ0v) is 11.6. The van der Waals surface area contributed by atoms with Gasteiger partial charge in [0.1, 0.15) is 5.82 Å². The number of hydrogen-bond donors (Lipinski definition) is 0. The van der Waals surface area contributed by atoms with E-state index in [1.807, 2.05) is 0 Å². The molecule has 104 valence electrons. The fraction of sp³-hybridized carbons (Fsp3) is 0.500. The zero-order chi connectivity index (χ0) is 13.8. The predicted molar refractivity (Wildman–Crippen MR) is 71.9 cm³/mol. The summed E-state index contributed by atoms with van der Waals surface area (Å²) in [5.74, 6) is -0.529. The summed E-state index contributed by atoms with van der Waals surface area (Å²) in [4.78, 5) is 13.8. The Morgan fingerprint density at radius 2 is 2.16 bits per heavy atom. The van der Waals surface area contributed by atoms with E-state index in [0.29, 0.717) is 12.5 Å². The van der Waals surface area contributed by atoms with E-state index in [4.69, 9.17) is 16.3 Å². The summed E-state index contributed by atoms with van der Waals surface area (Å²) in [6.45, 7) is 2.06. The van der Waals surface area contributed by atoms with E-state index < -0.39 is 5.82 Å². The van der Waals surface area contributed by atoms with E-state index in [-0.39, 0.29) is 16.5 Å². The molecule has 1 heterocycles. The highest BCUT2D eigenvalue weighted by atomic mass is 35.5. The van der Waals surface area contributed by atoms with Crippen LogP contribution in [0, 0.1) is 11.7 Å². The average molecular weight is 286 g/mol. The Morgan fingerprint density at radius 1 is 1.47 bits per heavy atom. The van der Waals surface area contributed by atoms with Crippen molar-refractivity contribution < 1.29 is 13.9 Å². The number of carbonyl (C=O) groups excluding carboxylic acids is 1. The highest BCUT2D eigenvalue weighted by Gasteiger charge is 2.23. The first-order valence-electron chi connectivity index (χ1n) is 6.37. The molecule has 0 aromatic heterocycles. The summed E-state index contributed by atoms with van der Waals surface area (Å²) < 4.78 is 19.0. The molecule has 1 aliphatic heterocycles. The number of benzene rings is 1. The van der Waals surface area contributed by atoms with Gasteiger partial charge in [-0.3, -0.25) is 4.79 Å². The number of ether oxygens (including phenoxy) is 1. The summed E-state index contributed by atoms with van der Waals surface area (Å²) in [5.41, 5.74) is -0.0428. The van der Waals surface area contributed by atoms with Crippen LogP contribution in [0.5, 0.6) is 0 Å². The molecule has 0 saturated carbocycles. The first kappa shape index (κ1) is 14.3. The fourth-order valence-corrected chi connectivity index (χ4v) is 2.54. The van der Waals surface area contributed by atoms with E-state index in [2.05, 4.69) is 0 Å². The third kappa shape index (κ3) is 3.45. The van der Waals surface area contributed by atoms with E-state index in [0.717, 1.165) is 26.1 Å². The number of hydrogen-bond acceptors (Lipinski definition) is 2. The van der Waals surface area contributed by atoms with Crippen molar-refractivity contribution in [3.63, 3.8) is 0 Å². The van der Waals surface area contributed by atoms with Gasteiger partial charge in [0.15, 0.2) is 0 Å². The monoisotopic (exact) mass is 285 g/mol. The average Bonchev–Trinajstić information content (AvgIpc) is 2.39. The molecule has 1 saturated heterocycles. The Hall–Kier alpha value is -1.13. The van der Waals surface area contributed by atoms with Gasteiger partial charge in [-0.05, 0) is 30.9 Å². The minimum atomic E-state index is -0.573. The van der Waals surface area contributed by atoms with Crippen molar-refractivity contribution in [2.24, 2.45) is 5.92 Å². The lowest BCUT2D eigenvalue weighted by Gasteiger charge is -2.27. The summed E-state index contributed by atoms with van der Waals surface area (Å²) in [6, 6.07) is 4.27. The first-order valence-corrected chi connectivity index (χ1v) is 6.74. The molecule has 0 spiro atoms. The molecule has 0 atom stereocenters. The van der Waals surface area contributed by atoms with Crippen molar-refractivity contribution in [3.8, 4) is 0 Å². The molecule has 0 unspecified atom stereocenters. The van der Waals surface area contributed by atoms with E-state index >= 15 is 0 Å². The number of rotatable bonds is 3. The molecule has 3 nitrogen and oxygen atoms in total. The van der Waals surface area contributed by atoms with Crippen LogP contribution in [-0.2, 0) is 4.74 Å². The van der Waals surface area contributed by atoms with Crippen LogP contribution in [0.4, 0.5) is 4.39 Å². The van der Waals surface area contributed by atoms with Crippen LogP contribution >= 0.6 is 11.6 Å². The van der Waals surface area contributed by atoms with Crippen LogP contribution in [0.2, 0.25) is 5.02 Å². The van der Waals surface area contributed by atoms with Gasteiger partial charge in [-0.1, -0.05) is 17.7 Å². The molecule has 5 heteroatoms. The van der Waals surface area contributed by atoms with Crippen LogP contribution in [-0.4, -0.2) is 37.6 Å². The van der Waals surface area contributed by atoms with Crippen molar-refractivity contribution in [1.82, 2.24) is 4.90 Å². The number of carbonyl (C=O) groups is 1. The van der Waals surface area contributed by atoms with Crippen LogP contribution in [0.25, 0.3) is 0 Å². The largest absolute Gasteiger partial charge is 0.381 e. The lowest BCUT2D eigenvalue weighted by atomic mass is 9.99. The van der Waals surface area contributed by atoms with Gasteiger partial charge in [0.2, 0.25) is 0 Å². The van der Waals surface area contributed by atoms with Gasteiger partial charge in [-0.2, -0.15) is 0 Å². The lowest BCUT2D eigenvalue weighted by Crippen LogP contribution is -2.34. The van der Waals surface area contributed by atoms with E-state index in [1.165, 1.54) is 18.2 Å². The maximum atomic E-state index is 13.7. The van der Waals surface area contributed by atoms with Crippen molar-refractivity contribution >= 4 is 17.5 Å². The highest BCUT2D eigenvalue weighted by Crippen LogP contribution is 2.22. The van der Waals surface area contributed by atoms with Crippen LogP contribution < -0.4 is 0 Å². The molecule has 1 aliphatic rings. The third-order valence-corrected chi connectivity index (χ3v) is 3.71. The zero-order valence-electron chi connectivity index (χ0n) is 10.9. The van der Waals surface area contributed by atoms with Crippen molar-refractivity contribution in [1.29, 1.82) is 0 Å². The minimum absolute atomic E-state index is 0.0428. The maximum Gasteiger partial charge on any atom is 0.258 e. The van der Waals surface area contributed by atoms with Gasteiger partial charge in [-0.15, -0.1) is 0 Å². The second-order valence-electron chi connectivity index (χ2n) is 4.84. The Kier molecular flexibility index (Phi) is 4.77. The standard InChI is InChI=1S/C14H17ClFNO2/c1-17(9-10-5-7-19-8-6-10)14(18)13-11(15)3-2-4-12(13)16/h2-4,10H,5-9H2,1H3. The molecule has 0 aliphatic carbocycles. The fourth-order valence-electron chi connectivity index (χ4n) is 2.29. The van der Waals surface area contributed by atoms with E-state index in [9.17, 15) is 9.18 Å². The highest BCUT2D eigenvalue weighted by molar-refractivity contribution is 6.33. The molecule has 1 aromatic rings. The first-order chi connectivity index (χ1) is 9.09. The Labute approximate surface area is 117 Å². The second kappa shape index (κ2) is 6.35. The summed E-state index contributed by atoms with van der Waals surface area (Å²) in [5, 5.41) is 0.156. The second-order valence-corrected chi connectivity index (χ2v) is 5.25. The normalized spacial score (nSPS) is 16.4. The molecule has 1 amide bonds. The molecular weight excluding hydrogens is 269 g/mol. The molecule has 19 heavy (non-hydrogen) atoms. The van der Waals surface area contributed by atoms with Gasteiger partial charge in [-0.25, -0.2) is 4.39 Å². The van der Waals surface area contributed by atoms with Crippen molar-refractivity contribution in [2.75, 3.05) is 26.8 Å².